The van der Waals surface area contributed by atoms with Gasteiger partial charge in [0, 0.05) is 29.2 Å². The molecule has 0 bridgehead atoms. The van der Waals surface area contributed by atoms with Crippen LogP contribution in [0.5, 0.6) is 0 Å². The SMILES string of the molecule is CNC(C)(C)CCOCCOCCC(C)(C)N=[N+]=[N-]. The highest BCUT2D eigenvalue weighted by molar-refractivity contribution is 4.77. The number of hydrogen-bond donors (Lipinski definition) is 1. The Morgan fingerprint density at radius 1 is 1.00 bits per heavy atom. The predicted molar refractivity (Wildman–Crippen MR) is 77.2 cm³/mol. The van der Waals surface area contributed by atoms with Crippen molar-refractivity contribution in [3.8, 4) is 0 Å². The predicted octanol–water partition coefficient (Wildman–Crippen LogP) is 2.89. The zero-order chi connectivity index (χ0) is 14.8. The number of nitrogens with one attached hydrogen (secondary N) is 1. The molecule has 0 saturated heterocycles. The summed E-state index contributed by atoms with van der Waals surface area (Å²) in [6.07, 6.45) is 1.68. The Hall–Kier alpha value is -0.810. The van der Waals surface area contributed by atoms with Crippen LogP contribution in [-0.2, 0) is 9.47 Å². The molecule has 0 heterocycles. The van der Waals surface area contributed by atoms with Gasteiger partial charge in [-0.05, 0) is 39.3 Å². The Kier molecular flexibility index (Phi) is 8.76. The Balaban J connectivity index is 3.44. The van der Waals surface area contributed by atoms with E-state index < -0.39 is 0 Å². The van der Waals surface area contributed by atoms with Crippen LogP contribution in [0.4, 0.5) is 0 Å². The van der Waals surface area contributed by atoms with Gasteiger partial charge in [-0.25, -0.2) is 0 Å². The first-order chi connectivity index (χ1) is 8.83. The van der Waals surface area contributed by atoms with Crippen molar-refractivity contribution in [1.29, 1.82) is 0 Å². The van der Waals surface area contributed by atoms with E-state index in [1.807, 2.05) is 20.9 Å². The highest BCUT2D eigenvalue weighted by Gasteiger charge is 2.15. The maximum atomic E-state index is 8.38. The second kappa shape index (κ2) is 9.15. The lowest BCUT2D eigenvalue weighted by Crippen LogP contribution is -2.37. The van der Waals surface area contributed by atoms with E-state index in [1.54, 1.807) is 0 Å². The number of nitrogens with zero attached hydrogens (tertiary/aromatic N) is 3. The fraction of sp³-hybridized carbons (Fsp3) is 1.00. The first kappa shape index (κ1) is 18.2. The molecule has 0 spiro atoms. The van der Waals surface area contributed by atoms with E-state index in [2.05, 4.69) is 29.2 Å². The molecule has 0 aromatic rings. The molecule has 0 aromatic heterocycles. The summed E-state index contributed by atoms with van der Waals surface area (Å²) in [4.78, 5) is 2.82. The molecule has 112 valence electrons. The molecule has 0 fully saturated rings. The number of rotatable bonds is 11. The third-order valence-electron chi connectivity index (χ3n) is 3.09. The lowest BCUT2D eigenvalue weighted by atomic mass is 10.0. The minimum absolute atomic E-state index is 0.111. The lowest BCUT2D eigenvalue weighted by Gasteiger charge is -2.23. The van der Waals surface area contributed by atoms with Crippen molar-refractivity contribution in [2.24, 2.45) is 5.11 Å². The molecule has 0 aliphatic carbocycles. The first-order valence-corrected chi connectivity index (χ1v) is 6.74. The van der Waals surface area contributed by atoms with Gasteiger partial charge >= 0.3 is 0 Å². The van der Waals surface area contributed by atoms with Crippen LogP contribution in [0.15, 0.2) is 5.11 Å². The molecule has 0 amide bonds. The van der Waals surface area contributed by atoms with Crippen molar-refractivity contribution in [2.75, 3.05) is 33.5 Å². The van der Waals surface area contributed by atoms with Crippen LogP contribution >= 0.6 is 0 Å². The molecule has 19 heavy (non-hydrogen) atoms. The van der Waals surface area contributed by atoms with Gasteiger partial charge in [-0.15, -0.1) is 0 Å². The summed E-state index contributed by atoms with van der Waals surface area (Å²) in [5.74, 6) is 0. The Labute approximate surface area is 116 Å². The largest absolute Gasteiger partial charge is 0.379 e. The summed E-state index contributed by atoms with van der Waals surface area (Å²) in [5.41, 5.74) is 8.11. The second-order valence-electron chi connectivity index (χ2n) is 5.86. The summed E-state index contributed by atoms with van der Waals surface area (Å²) < 4.78 is 11.0. The topological polar surface area (TPSA) is 79.2 Å². The summed E-state index contributed by atoms with van der Waals surface area (Å²) in [5, 5.41) is 6.93. The van der Waals surface area contributed by atoms with E-state index in [0.717, 1.165) is 13.0 Å². The van der Waals surface area contributed by atoms with Crippen LogP contribution in [0, 0.1) is 0 Å². The first-order valence-electron chi connectivity index (χ1n) is 6.74. The Morgan fingerprint density at radius 3 is 2.00 bits per heavy atom. The molecular weight excluding hydrogens is 244 g/mol. The lowest BCUT2D eigenvalue weighted by molar-refractivity contribution is 0.0366. The van der Waals surface area contributed by atoms with Crippen LogP contribution in [0.3, 0.4) is 0 Å². The zero-order valence-electron chi connectivity index (χ0n) is 12.9. The molecular formula is C13H28N4O2. The van der Waals surface area contributed by atoms with Crippen LogP contribution < -0.4 is 5.32 Å². The van der Waals surface area contributed by atoms with Crippen LogP contribution in [0.2, 0.25) is 0 Å². The number of azide groups is 1. The highest BCUT2D eigenvalue weighted by Crippen LogP contribution is 2.14. The molecule has 0 aromatic carbocycles. The van der Waals surface area contributed by atoms with Gasteiger partial charge in [-0.3, -0.25) is 0 Å². The van der Waals surface area contributed by atoms with Crippen molar-refractivity contribution in [3.05, 3.63) is 10.4 Å². The Morgan fingerprint density at radius 2 is 1.53 bits per heavy atom. The molecule has 0 radical (unpaired) electrons. The van der Waals surface area contributed by atoms with Crippen molar-refractivity contribution in [1.82, 2.24) is 5.32 Å². The quantitative estimate of drug-likeness (QED) is 0.272. The third kappa shape index (κ3) is 10.8. The molecule has 0 aliphatic rings. The van der Waals surface area contributed by atoms with Gasteiger partial charge in [-0.2, -0.15) is 0 Å². The minimum Gasteiger partial charge on any atom is -0.379 e. The molecule has 0 rings (SSSR count). The van der Waals surface area contributed by atoms with Gasteiger partial charge in [0.1, 0.15) is 0 Å². The smallest absolute Gasteiger partial charge is 0.0700 e. The zero-order valence-corrected chi connectivity index (χ0v) is 12.9. The van der Waals surface area contributed by atoms with Gasteiger partial charge in [0.25, 0.3) is 0 Å². The molecule has 0 aliphatic heterocycles. The molecule has 0 saturated carbocycles. The fourth-order valence-corrected chi connectivity index (χ4v) is 1.27. The fourth-order valence-electron chi connectivity index (χ4n) is 1.27. The van der Waals surface area contributed by atoms with Crippen LogP contribution in [0.1, 0.15) is 40.5 Å². The summed E-state index contributed by atoms with van der Waals surface area (Å²) in [7, 11) is 1.95. The number of ether oxygens (including phenoxy) is 2. The van der Waals surface area contributed by atoms with Gasteiger partial charge in [-0.1, -0.05) is 19.0 Å². The molecule has 1 N–H and O–H groups in total. The van der Waals surface area contributed by atoms with Crippen molar-refractivity contribution < 1.29 is 9.47 Å². The van der Waals surface area contributed by atoms with E-state index >= 15 is 0 Å². The number of hydrogen-bond acceptors (Lipinski definition) is 4. The van der Waals surface area contributed by atoms with Gasteiger partial charge < -0.3 is 14.8 Å². The van der Waals surface area contributed by atoms with Crippen LogP contribution in [-0.4, -0.2) is 44.6 Å². The van der Waals surface area contributed by atoms with Crippen molar-refractivity contribution in [2.45, 2.75) is 51.6 Å². The molecule has 0 unspecified atom stereocenters. The summed E-state index contributed by atoms with van der Waals surface area (Å²) >= 11 is 0. The van der Waals surface area contributed by atoms with Gasteiger partial charge in [0.2, 0.25) is 0 Å². The Bertz CT molecular complexity index is 286. The van der Waals surface area contributed by atoms with Crippen molar-refractivity contribution in [3.63, 3.8) is 0 Å². The van der Waals surface area contributed by atoms with E-state index in [-0.39, 0.29) is 11.1 Å². The monoisotopic (exact) mass is 272 g/mol. The van der Waals surface area contributed by atoms with E-state index in [0.29, 0.717) is 26.2 Å². The molecule has 0 atom stereocenters. The minimum atomic E-state index is -0.383. The average Bonchev–Trinajstić information content (AvgIpc) is 2.32. The van der Waals surface area contributed by atoms with Gasteiger partial charge in [0.15, 0.2) is 0 Å². The standard InChI is InChI=1S/C13H28N4O2/c1-12(2,15-5)6-8-18-10-11-19-9-7-13(3,4)16-17-14/h15H,6-11H2,1-5H3. The second-order valence-corrected chi connectivity index (χ2v) is 5.86. The maximum absolute atomic E-state index is 8.38. The highest BCUT2D eigenvalue weighted by atomic mass is 16.5. The average molecular weight is 272 g/mol. The maximum Gasteiger partial charge on any atom is 0.0700 e. The van der Waals surface area contributed by atoms with Gasteiger partial charge in [0.05, 0.1) is 13.2 Å². The normalized spacial score (nSPS) is 12.3. The van der Waals surface area contributed by atoms with Crippen LogP contribution in [0.25, 0.3) is 10.4 Å². The van der Waals surface area contributed by atoms with Crippen molar-refractivity contribution >= 4 is 0 Å². The third-order valence-corrected chi connectivity index (χ3v) is 3.09. The van der Waals surface area contributed by atoms with E-state index in [1.165, 1.54) is 0 Å². The summed E-state index contributed by atoms with van der Waals surface area (Å²) in [6.45, 7) is 10.6. The van der Waals surface area contributed by atoms with E-state index in [9.17, 15) is 0 Å². The molecule has 6 heteroatoms. The van der Waals surface area contributed by atoms with E-state index in [4.69, 9.17) is 15.0 Å². The summed E-state index contributed by atoms with van der Waals surface area (Å²) in [6, 6.07) is 0. The molecule has 6 nitrogen and oxygen atoms in total.